The third-order valence-electron chi connectivity index (χ3n) is 5.71. The van der Waals surface area contributed by atoms with Crippen LogP contribution in [-0.2, 0) is 4.79 Å². The first-order valence-corrected chi connectivity index (χ1v) is 9.67. The maximum atomic E-state index is 13.5. The molecule has 0 radical (unpaired) electrons. The van der Waals surface area contributed by atoms with Crippen LogP contribution in [0.15, 0.2) is 48.5 Å². The monoisotopic (exact) mass is 365 g/mol. The molecule has 2 heterocycles. The maximum absolute atomic E-state index is 13.5. The first-order valence-electron chi connectivity index (χ1n) is 9.67. The van der Waals surface area contributed by atoms with Crippen molar-refractivity contribution in [2.24, 2.45) is 5.92 Å². The molecule has 0 bridgehead atoms. The van der Waals surface area contributed by atoms with Crippen LogP contribution in [0.25, 0.3) is 0 Å². The van der Waals surface area contributed by atoms with E-state index in [-0.39, 0.29) is 23.9 Å². The van der Waals surface area contributed by atoms with Gasteiger partial charge >= 0.3 is 0 Å². The molecule has 2 aliphatic rings. The zero-order valence-corrected chi connectivity index (χ0v) is 15.9. The lowest BCUT2D eigenvalue weighted by molar-refractivity contribution is -0.136. The van der Waals surface area contributed by atoms with Crippen molar-refractivity contribution in [1.29, 1.82) is 0 Å². The Morgan fingerprint density at radius 2 is 1.96 bits per heavy atom. The summed E-state index contributed by atoms with van der Waals surface area (Å²) in [6, 6.07) is 16.6. The normalized spacial score (nSPS) is 25.0. The number of hydrazine groups is 1. The lowest BCUT2D eigenvalue weighted by Gasteiger charge is -2.30. The number of carbonyl (C=O) groups excluding carboxylic acids is 1. The maximum Gasteiger partial charge on any atom is 0.229 e. The highest BCUT2D eigenvalue weighted by molar-refractivity contribution is 5.81. The number of benzene rings is 2. The van der Waals surface area contributed by atoms with E-state index in [1.165, 1.54) is 5.56 Å². The molecule has 1 amide bonds. The van der Waals surface area contributed by atoms with Gasteiger partial charge in [0, 0.05) is 13.1 Å². The fourth-order valence-electron chi connectivity index (χ4n) is 4.35. The van der Waals surface area contributed by atoms with Crippen LogP contribution in [0.1, 0.15) is 41.6 Å². The van der Waals surface area contributed by atoms with Crippen molar-refractivity contribution in [3.63, 3.8) is 0 Å². The molecule has 0 spiro atoms. The molecule has 2 saturated heterocycles. The molecule has 2 fully saturated rings. The third kappa shape index (κ3) is 3.57. The Morgan fingerprint density at radius 3 is 2.78 bits per heavy atom. The van der Waals surface area contributed by atoms with Crippen molar-refractivity contribution in [2.75, 3.05) is 20.2 Å². The van der Waals surface area contributed by atoms with Crippen LogP contribution in [0, 0.1) is 12.8 Å². The molecule has 0 aromatic heterocycles. The summed E-state index contributed by atoms with van der Waals surface area (Å²) in [5.74, 6) is 0.968. The van der Waals surface area contributed by atoms with Gasteiger partial charge in [0.1, 0.15) is 5.75 Å². The molecule has 2 aromatic rings. The molecule has 2 aromatic carbocycles. The highest BCUT2D eigenvalue weighted by Gasteiger charge is 2.40. The SMILES string of the molecule is COc1cccc(C2CCCN2C(=O)C2CNNC2c2cccc(C)c2)c1. The summed E-state index contributed by atoms with van der Waals surface area (Å²) in [4.78, 5) is 15.5. The predicted octanol–water partition coefficient (Wildman–Crippen LogP) is 3.13. The van der Waals surface area contributed by atoms with Crippen LogP contribution in [0.5, 0.6) is 5.75 Å². The number of hydrogen-bond donors (Lipinski definition) is 2. The van der Waals surface area contributed by atoms with Gasteiger partial charge in [0.2, 0.25) is 5.91 Å². The van der Waals surface area contributed by atoms with Crippen molar-refractivity contribution < 1.29 is 9.53 Å². The number of hydrogen-bond acceptors (Lipinski definition) is 4. The van der Waals surface area contributed by atoms with E-state index in [2.05, 4.69) is 59.1 Å². The number of carbonyl (C=O) groups is 1. The summed E-state index contributed by atoms with van der Waals surface area (Å²) < 4.78 is 5.37. The molecule has 3 atom stereocenters. The Morgan fingerprint density at radius 1 is 1.15 bits per heavy atom. The average molecular weight is 365 g/mol. The molecule has 3 unspecified atom stereocenters. The second-order valence-electron chi connectivity index (χ2n) is 7.49. The Labute approximate surface area is 160 Å². The zero-order valence-electron chi connectivity index (χ0n) is 15.9. The fourth-order valence-corrected chi connectivity index (χ4v) is 4.35. The van der Waals surface area contributed by atoms with E-state index in [4.69, 9.17) is 4.74 Å². The highest BCUT2D eigenvalue weighted by atomic mass is 16.5. The van der Waals surface area contributed by atoms with E-state index in [0.717, 1.165) is 36.3 Å². The molecule has 2 aliphatic heterocycles. The van der Waals surface area contributed by atoms with E-state index in [1.807, 2.05) is 12.1 Å². The number of methoxy groups -OCH3 is 1. The average Bonchev–Trinajstić information content (AvgIpc) is 3.37. The molecule has 0 aliphatic carbocycles. The van der Waals surface area contributed by atoms with E-state index in [0.29, 0.717) is 6.54 Å². The first kappa shape index (κ1) is 18.0. The van der Waals surface area contributed by atoms with Crippen LogP contribution in [0.2, 0.25) is 0 Å². The molecule has 2 N–H and O–H groups in total. The van der Waals surface area contributed by atoms with E-state index >= 15 is 0 Å². The summed E-state index contributed by atoms with van der Waals surface area (Å²) in [6.45, 7) is 3.55. The van der Waals surface area contributed by atoms with Crippen LogP contribution >= 0.6 is 0 Å². The molecule has 5 heteroatoms. The standard InChI is InChI=1S/C22H27N3O2/c1-15-6-3-8-17(12-15)21-19(14-23-24-21)22(26)25-11-5-10-20(25)16-7-4-9-18(13-16)27-2/h3-4,6-9,12-13,19-21,23-24H,5,10-11,14H2,1-2H3. The van der Waals surface area contributed by atoms with Gasteiger partial charge in [0.15, 0.2) is 0 Å². The van der Waals surface area contributed by atoms with Crippen LogP contribution < -0.4 is 15.6 Å². The Balaban J connectivity index is 1.57. The van der Waals surface area contributed by atoms with Gasteiger partial charge in [-0.3, -0.25) is 10.2 Å². The highest BCUT2D eigenvalue weighted by Crippen LogP contribution is 2.37. The molecular weight excluding hydrogens is 338 g/mol. The van der Waals surface area contributed by atoms with Crippen LogP contribution in [0.4, 0.5) is 0 Å². The lowest BCUT2D eigenvalue weighted by Crippen LogP contribution is -2.38. The number of rotatable bonds is 4. The van der Waals surface area contributed by atoms with Gasteiger partial charge in [-0.05, 0) is 43.0 Å². The largest absolute Gasteiger partial charge is 0.497 e. The minimum atomic E-state index is -0.0991. The van der Waals surface area contributed by atoms with E-state index in [1.54, 1.807) is 7.11 Å². The third-order valence-corrected chi connectivity index (χ3v) is 5.71. The van der Waals surface area contributed by atoms with Crippen LogP contribution in [-0.4, -0.2) is 31.0 Å². The lowest BCUT2D eigenvalue weighted by atomic mass is 9.92. The van der Waals surface area contributed by atoms with Gasteiger partial charge in [0.25, 0.3) is 0 Å². The van der Waals surface area contributed by atoms with Crippen molar-refractivity contribution >= 4 is 5.91 Å². The topological polar surface area (TPSA) is 53.6 Å². The molecule has 142 valence electrons. The summed E-state index contributed by atoms with van der Waals surface area (Å²) >= 11 is 0. The predicted molar refractivity (Wildman–Crippen MR) is 105 cm³/mol. The van der Waals surface area contributed by atoms with Crippen molar-refractivity contribution in [3.05, 3.63) is 65.2 Å². The van der Waals surface area contributed by atoms with Crippen molar-refractivity contribution in [3.8, 4) is 5.75 Å². The van der Waals surface area contributed by atoms with Gasteiger partial charge in [-0.1, -0.05) is 42.0 Å². The molecule has 27 heavy (non-hydrogen) atoms. The number of nitrogens with zero attached hydrogens (tertiary/aromatic N) is 1. The second kappa shape index (κ2) is 7.71. The smallest absolute Gasteiger partial charge is 0.229 e. The zero-order chi connectivity index (χ0) is 18.8. The minimum Gasteiger partial charge on any atom is -0.497 e. The van der Waals surface area contributed by atoms with Gasteiger partial charge in [0.05, 0.1) is 25.1 Å². The summed E-state index contributed by atoms with van der Waals surface area (Å²) in [5.41, 5.74) is 10.0. The summed E-state index contributed by atoms with van der Waals surface area (Å²) in [5, 5.41) is 0. The molecule has 0 saturated carbocycles. The van der Waals surface area contributed by atoms with Crippen LogP contribution in [0.3, 0.4) is 0 Å². The van der Waals surface area contributed by atoms with Gasteiger partial charge < -0.3 is 9.64 Å². The fraction of sp³-hybridized carbons (Fsp3) is 0.409. The van der Waals surface area contributed by atoms with Crippen molar-refractivity contribution in [2.45, 2.75) is 31.8 Å². The Hall–Kier alpha value is -2.37. The van der Waals surface area contributed by atoms with E-state index in [9.17, 15) is 4.79 Å². The molecular formula is C22H27N3O2. The number of ether oxygens (including phenoxy) is 1. The number of likely N-dealkylation sites (tertiary alicyclic amines) is 1. The number of aryl methyl sites for hydroxylation is 1. The quantitative estimate of drug-likeness (QED) is 0.874. The summed E-state index contributed by atoms with van der Waals surface area (Å²) in [7, 11) is 1.68. The first-order chi connectivity index (χ1) is 13.2. The Kier molecular flexibility index (Phi) is 5.14. The summed E-state index contributed by atoms with van der Waals surface area (Å²) in [6.07, 6.45) is 2.04. The van der Waals surface area contributed by atoms with Gasteiger partial charge in [-0.15, -0.1) is 0 Å². The number of amides is 1. The van der Waals surface area contributed by atoms with Crippen molar-refractivity contribution in [1.82, 2.24) is 15.8 Å². The van der Waals surface area contributed by atoms with Gasteiger partial charge in [-0.2, -0.15) is 0 Å². The number of nitrogens with one attached hydrogen (secondary N) is 2. The molecule has 4 rings (SSSR count). The Bertz CT molecular complexity index is 823. The second-order valence-corrected chi connectivity index (χ2v) is 7.49. The van der Waals surface area contributed by atoms with Gasteiger partial charge in [-0.25, -0.2) is 5.43 Å². The minimum absolute atomic E-state index is 0.00367. The van der Waals surface area contributed by atoms with E-state index < -0.39 is 0 Å². The molecule has 5 nitrogen and oxygen atoms in total.